The molecule has 0 amide bonds. The van der Waals surface area contributed by atoms with Gasteiger partial charge in [-0.3, -0.25) is 0 Å². The number of fused-ring (bicyclic) bond motifs is 1. The number of nitrogens with two attached hydrogens (primary N) is 1. The number of ether oxygens (including phenoxy) is 1. The lowest BCUT2D eigenvalue weighted by atomic mass is 9.80. The fourth-order valence-electron chi connectivity index (χ4n) is 3.54. The first-order valence-electron chi connectivity index (χ1n) is 8.86. The molecule has 1 aliphatic heterocycles. The van der Waals surface area contributed by atoms with Crippen molar-refractivity contribution < 1.29 is 9.84 Å². The van der Waals surface area contributed by atoms with E-state index in [1.807, 2.05) is 0 Å². The maximum atomic E-state index is 10.0. The smallest absolute Gasteiger partial charge is 0.141 e. The maximum absolute atomic E-state index is 10.0. The maximum Gasteiger partial charge on any atom is 0.141 e. The molecule has 6 nitrogen and oxygen atoms in total. The third-order valence-corrected chi connectivity index (χ3v) is 6.35. The second kappa shape index (κ2) is 10.2. The second-order valence-electron chi connectivity index (χ2n) is 7.09. The zero-order chi connectivity index (χ0) is 18.0. The Bertz CT molecular complexity index is 751. The van der Waals surface area contributed by atoms with Crippen LogP contribution >= 0.6 is 36.2 Å². The molecular weight excluding hydrogens is 407 g/mol. The Morgan fingerprint density at radius 2 is 1.89 bits per heavy atom. The monoisotopic (exact) mass is 436 g/mol. The number of thiophene rings is 1. The van der Waals surface area contributed by atoms with E-state index < -0.39 is 0 Å². The van der Waals surface area contributed by atoms with Crippen molar-refractivity contribution in [3.63, 3.8) is 0 Å². The van der Waals surface area contributed by atoms with Gasteiger partial charge in [0.25, 0.3) is 0 Å². The van der Waals surface area contributed by atoms with Crippen molar-refractivity contribution in [1.82, 2.24) is 9.97 Å². The molecule has 0 unspecified atom stereocenters. The molecule has 2 aromatic rings. The molecule has 0 saturated carbocycles. The molecule has 0 spiro atoms. The van der Waals surface area contributed by atoms with Gasteiger partial charge in [-0.25, -0.2) is 9.97 Å². The largest absolute Gasteiger partial charge is 0.396 e. The molecule has 2 aromatic heterocycles. The first-order valence-corrected chi connectivity index (χ1v) is 9.68. The molecule has 3 N–H and O–H groups in total. The van der Waals surface area contributed by atoms with Crippen LogP contribution in [0.4, 0.5) is 5.82 Å². The minimum Gasteiger partial charge on any atom is -0.396 e. The molecule has 9 heteroatoms. The number of hydrogen-bond donors (Lipinski definition) is 2. The number of rotatable bonds is 6. The van der Waals surface area contributed by atoms with Gasteiger partial charge < -0.3 is 20.5 Å². The third-order valence-electron chi connectivity index (χ3n) is 5.25. The summed E-state index contributed by atoms with van der Waals surface area (Å²) in [5, 5.41) is 11.1. The molecule has 0 atom stereocenters. The Morgan fingerprint density at radius 1 is 1.22 bits per heavy atom. The summed E-state index contributed by atoms with van der Waals surface area (Å²) in [6.45, 7) is 7.15. The summed E-state index contributed by atoms with van der Waals surface area (Å²) in [7, 11) is 2.06. The third kappa shape index (κ3) is 5.02. The first kappa shape index (κ1) is 24.3. The highest BCUT2D eigenvalue weighted by Crippen LogP contribution is 2.37. The van der Waals surface area contributed by atoms with Crippen molar-refractivity contribution in [2.45, 2.75) is 33.1 Å². The molecule has 3 rings (SSSR count). The highest BCUT2D eigenvalue weighted by Gasteiger charge is 2.34. The van der Waals surface area contributed by atoms with E-state index in [0.717, 1.165) is 41.2 Å². The van der Waals surface area contributed by atoms with E-state index in [0.29, 0.717) is 26.2 Å². The molecular formula is C18H30Cl2N4O2S. The number of nitrogens with zero attached hydrogens (tertiary/aromatic N) is 3. The average Bonchev–Trinajstić information content (AvgIpc) is 2.89. The quantitative estimate of drug-likeness (QED) is 0.723. The molecule has 0 radical (unpaired) electrons. The van der Waals surface area contributed by atoms with Crippen LogP contribution in [-0.4, -0.2) is 55.0 Å². The minimum absolute atomic E-state index is 0. The van der Waals surface area contributed by atoms with Crippen LogP contribution < -0.4 is 10.6 Å². The second-order valence-corrected chi connectivity index (χ2v) is 8.30. The molecule has 0 bridgehead atoms. The summed E-state index contributed by atoms with van der Waals surface area (Å²) in [4.78, 5) is 14.0. The highest BCUT2D eigenvalue weighted by atomic mass is 35.5. The molecule has 1 saturated heterocycles. The molecule has 0 aliphatic carbocycles. The average molecular weight is 437 g/mol. The summed E-state index contributed by atoms with van der Waals surface area (Å²) in [6.07, 6.45) is 2.42. The van der Waals surface area contributed by atoms with Crippen molar-refractivity contribution in [3.05, 3.63) is 16.3 Å². The van der Waals surface area contributed by atoms with E-state index in [9.17, 15) is 5.11 Å². The standard InChI is InChI=1S/C18H28N4O2S.2ClH/c1-12-13(2)25-17-15(12)16(20-14(21-17)4-7-19)22(3)10-18(11-23)5-8-24-9-6-18;;/h23H,4-11,19H2,1-3H3;2*1H. The van der Waals surface area contributed by atoms with Crippen LogP contribution in [-0.2, 0) is 11.2 Å². The number of aliphatic hydroxyl groups is 1. The molecule has 1 aliphatic rings. The highest BCUT2D eigenvalue weighted by molar-refractivity contribution is 7.18. The molecule has 154 valence electrons. The van der Waals surface area contributed by atoms with Crippen LogP contribution in [0, 0.1) is 19.3 Å². The topological polar surface area (TPSA) is 84.5 Å². The van der Waals surface area contributed by atoms with Crippen LogP contribution in [0.15, 0.2) is 0 Å². The van der Waals surface area contributed by atoms with E-state index in [-0.39, 0.29) is 36.8 Å². The van der Waals surface area contributed by atoms with Gasteiger partial charge in [0, 0.05) is 43.5 Å². The van der Waals surface area contributed by atoms with E-state index in [1.54, 1.807) is 11.3 Å². The van der Waals surface area contributed by atoms with E-state index in [4.69, 9.17) is 20.4 Å². The zero-order valence-electron chi connectivity index (χ0n) is 16.2. The van der Waals surface area contributed by atoms with Gasteiger partial charge in [0.15, 0.2) is 0 Å². The lowest BCUT2D eigenvalue weighted by Gasteiger charge is -2.39. The predicted octanol–water partition coefficient (Wildman–Crippen LogP) is 2.88. The molecule has 3 heterocycles. The van der Waals surface area contributed by atoms with Crippen molar-refractivity contribution in [3.8, 4) is 0 Å². The summed E-state index contributed by atoms with van der Waals surface area (Å²) < 4.78 is 5.49. The SMILES string of the molecule is Cc1sc2nc(CCN)nc(N(C)CC3(CO)CCOCC3)c2c1C.Cl.Cl. The Hall–Kier alpha value is -0.700. The van der Waals surface area contributed by atoms with E-state index >= 15 is 0 Å². The van der Waals surface area contributed by atoms with Gasteiger partial charge in [0.05, 0.1) is 12.0 Å². The number of aromatic nitrogens is 2. The van der Waals surface area contributed by atoms with E-state index in [2.05, 4.69) is 25.8 Å². The van der Waals surface area contributed by atoms with Gasteiger partial charge in [-0.05, 0) is 38.8 Å². The van der Waals surface area contributed by atoms with Crippen LogP contribution in [0.25, 0.3) is 10.2 Å². The number of halogens is 2. The van der Waals surface area contributed by atoms with Crippen molar-refractivity contribution >= 4 is 52.2 Å². The Morgan fingerprint density at radius 3 is 2.48 bits per heavy atom. The lowest BCUT2D eigenvalue weighted by molar-refractivity contribution is -0.0113. The minimum atomic E-state index is -0.128. The normalized spacial score (nSPS) is 15.9. The van der Waals surface area contributed by atoms with Crippen molar-refractivity contribution in [2.75, 3.05) is 44.9 Å². The fourth-order valence-corrected chi connectivity index (χ4v) is 4.58. The Labute approximate surface area is 177 Å². The van der Waals surface area contributed by atoms with Crippen LogP contribution in [0.3, 0.4) is 0 Å². The van der Waals surface area contributed by atoms with Gasteiger partial charge in [-0.1, -0.05) is 0 Å². The number of aryl methyl sites for hydroxylation is 2. The Balaban J connectivity index is 0.00000182. The van der Waals surface area contributed by atoms with Crippen LogP contribution in [0.2, 0.25) is 0 Å². The lowest BCUT2D eigenvalue weighted by Crippen LogP contribution is -2.43. The van der Waals surface area contributed by atoms with Gasteiger partial charge in [-0.15, -0.1) is 36.2 Å². The van der Waals surface area contributed by atoms with E-state index in [1.165, 1.54) is 10.4 Å². The summed E-state index contributed by atoms with van der Waals surface area (Å²) in [5.41, 5.74) is 6.83. The summed E-state index contributed by atoms with van der Waals surface area (Å²) in [6, 6.07) is 0. The van der Waals surface area contributed by atoms with Crippen LogP contribution in [0.1, 0.15) is 29.1 Å². The first-order chi connectivity index (χ1) is 12.0. The number of hydrogen-bond acceptors (Lipinski definition) is 7. The molecule has 27 heavy (non-hydrogen) atoms. The molecule has 1 fully saturated rings. The van der Waals surface area contributed by atoms with Crippen molar-refractivity contribution in [1.29, 1.82) is 0 Å². The fraction of sp³-hybridized carbons (Fsp3) is 0.667. The van der Waals surface area contributed by atoms with Crippen LogP contribution in [0.5, 0.6) is 0 Å². The Kier molecular flexibility index (Phi) is 9.18. The van der Waals surface area contributed by atoms with Gasteiger partial charge in [0.1, 0.15) is 16.5 Å². The number of aliphatic hydroxyl groups excluding tert-OH is 1. The van der Waals surface area contributed by atoms with Crippen molar-refractivity contribution in [2.24, 2.45) is 11.1 Å². The van der Waals surface area contributed by atoms with Gasteiger partial charge in [0.2, 0.25) is 0 Å². The van der Waals surface area contributed by atoms with Gasteiger partial charge >= 0.3 is 0 Å². The number of anilines is 1. The zero-order valence-corrected chi connectivity index (χ0v) is 18.6. The summed E-state index contributed by atoms with van der Waals surface area (Å²) >= 11 is 1.71. The van der Waals surface area contributed by atoms with Gasteiger partial charge in [-0.2, -0.15) is 0 Å². The predicted molar refractivity (Wildman–Crippen MR) is 117 cm³/mol. The summed E-state index contributed by atoms with van der Waals surface area (Å²) in [5.74, 6) is 1.75. The molecule has 0 aromatic carbocycles.